The van der Waals surface area contributed by atoms with Gasteiger partial charge in [0.2, 0.25) is 5.88 Å². The zero-order chi connectivity index (χ0) is 17.3. The second-order valence-electron chi connectivity index (χ2n) is 5.57. The van der Waals surface area contributed by atoms with Crippen molar-refractivity contribution in [1.29, 1.82) is 0 Å². The number of halogens is 3. The Morgan fingerprint density at radius 3 is 2.83 bits per heavy atom. The number of alkyl halides is 3. The molecule has 0 radical (unpaired) electrons. The zero-order valence-corrected chi connectivity index (χ0v) is 12.8. The van der Waals surface area contributed by atoms with E-state index in [1.54, 1.807) is 21.6 Å². The van der Waals surface area contributed by atoms with Crippen LogP contribution in [0, 0.1) is 0 Å². The van der Waals surface area contributed by atoms with Gasteiger partial charge in [-0.15, -0.1) is 0 Å². The Kier molecular flexibility index (Phi) is 4.35. The highest BCUT2D eigenvalue weighted by Crippen LogP contribution is 2.30. The maximum Gasteiger partial charge on any atom is 0.422 e. The van der Waals surface area contributed by atoms with Crippen LogP contribution in [0.5, 0.6) is 5.88 Å². The number of hydrogen-bond donors (Lipinski definition) is 1. The van der Waals surface area contributed by atoms with E-state index >= 15 is 0 Å². The van der Waals surface area contributed by atoms with Crippen molar-refractivity contribution in [2.75, 3.05) is 26.2 Å². The molecular weight excluding hydrogens is 325 g/mol. The van der Waals surface area contributed by atoms with Crippen LogP contribution in [0.1, 0.15) is 16.9 Å². The standard InChI is InChI=1S/C15H17F3N4O2/c16-15(17,18)9-24-13-10-8-12-14(23)21(5-1-3-19)6-7-22(12)11(10)2-4-20-13/h2,4,8H,1,3,5-7,9,19H2. The van der Waals surface area contributed by atoms with Crippen LogP contribution in [0.15, 0.2) is 18.3 Å². The van der Waals surface area contributed by atoms with Crippen LogP contribution in [-0.2, 0) is 6.54 Å². The normalized spacial score (nSPS) is 15.0. The first kappa shape index (κ1) is 16.6. The molecule has 0 saturated carbocycles. The van der Waals surface area contributed by atoms with E-state index in [0.29, 0.717) is 49.2 Å². The number of aromatic nitrogens is 2. The summed E-state index contributed by atoms with van der Waals surface area (Å²) in [6.45, 7) is 0.739. The Balaban J connectivity index is 1.93. The predicted molar refractivity (Wildman–Crippen MR) is 80.9 cm³/mol. The van der Waals surface area contributed by atoms with Crippen molar-refractivity contribution in [3.8, 4) is 5.88 Å². The lowest BCUT2D eigenvalue weighted by atomic mass is 10.2. The van der Waals surface area contributed by atoms with E-state index in [1.165, 1.54) is 6.20 Å². The van der Waals surface area contributed by atoms with E-state index in [0.717, 1.165) is 0 Å². The van der Waals surface area contributed by atoms with Gasteiger partial charge in [0.25, 0.3) is 5.91 Å². The van der Waals surface area contributed by atoms with E-state index in [9.17, 15) is 18.0 Å². The molecule has 130 valence electrons. The topological polar surface area (TPSA) is 73.4 Å². The molecule has 3 rings (SSSR count). The summed E-state index contributed by atoms with van der Waals surface area (Å²) in [7, 11) is 0. The fraction of sp³-hybridized carbons (Fsp3) is 0.467. The number of ether oxygens (including phenoxy) is 1. The van der Waals surface area contributed by atoms with Crippen molar-refractivity contribution < 1.29 is 22.7 Å². The highest BCUT2D eigenvalue weighted by molar-refractivity contribution is 6.00. The molecule has 2 aromatic heterocycles. The Hall–Kier alpha value is -2.29. The first-order valence-electron chi connectivity index (χ1n) is 7.58. The summed E-state index contributed by atoms with van der Waals surface area (Å²) in [5.74, 6) is -0.277. The molecule has 24 heavy (non-hydrogen) atoms. The SMILES string of the molecule is NCCCN1CCn2c(cc3c(OCC(F)(F)F)nccc32)C1=O. The number of pyridine rings is 1. The monoisotopic (exact) mass is 342 g/mol. The van der Waals surface area contributed by atoms with Crippen LogP contribution in [0.25, 0.3) is 10.9 Å². The molecule has 1 amide bonds. The van der Waals surface area contributed by atoms with Gasteiger partial charge in [0.15, 0.2) is 6.61 Å². The van der Waals surface area contributed by atoms with E-state index in [2.05, 4.69) is 4.98 Å². The van der Waals surface area contributed by atoms with Crippen molar-refractivity contribution in [2.45, 2.75) is 19.1 Å². The second kappa shape index (κ2) is 6.31. The van der Waals surface area contributed by atoms with Crippen LogP contribution in [0.2, 0.25) is 0 Å². The Labute approximate surface area is 136 Å². The lowest BCUT2D eigenvalue weighted by molar-refractivity contribution is -0.153. The first-order chi connectivity index (χ1) is 11.4. The van der Waals surface area contributed by atoms with Gasteiger partial charge in [-0.05, 0) is 25.1 Å². The number of amides is 1. The third kappa shape index (κ3) is 3.16. The van der Waals surface area contributed by atoms with E-state index < -0.39 is 12.8 Å². The maximum atomic E-state index is 12.5. The van der Waals surface area contributed by atoms with Crippen LogP contribution < -0.4 is 10.5 Å². The molecule has 6 nitrogen and oxygen atoms in total. The zero-order valence-electron chi connectivity index (χ0n) is 12.8. The Morgan fingerprint density at radius 1 is 1.33 bits per heavy atom. The largest absolute Gasteiger partial charge is 0.468 e. The van der Waals surface area contributed by atoms with Gasteiger partial charge in [-0.1, -0.05) is 0 Å². The average Bonchev–Trinajstić information content (AvgIpc) is 2.92. The Bertz CT molecular complexity index is 757. The van der Waals surface area contributed by atoms with Gasteiger partial charge < -0.3 is 19.9 Å². The summed E-state index contributed by atoms with van der Waals surface area (Å²) in [5.41, 5.74) is 6.55. The average molecular weight is 342 g/mol. The molecule has 0 bridgehead atoms. The highest BCUT2D eigenvalue weighted by atomic mass is 19.4. The summed E-state index contributed by atoms with van der Waals surface area (Å²) >= 11 is 0. The second-order valence-corrected chi connectivity index (χ2v) is 5.57. The van der Waals surface area contributed by atoms with Crippen molar-refractivity contribution >= 4 is 16.8 Å². The highest BCUT2D eigenvalue weighted by Gasteiger charge is 2.30. The molecule has 2 aromatic rings. The lowest BCUT2D eigenvalue weighted by Crippen LogP contribution is -2.40. The minimum absolute atomic E-state index is 0.118. The van der Waals surface area contributed by atoms with E-state index in [1.807, 2.05) is 0 Å². The molecule has 0 atom stereocenters. The quantitative estimate of drug-likeness (QED) is 0.899. The third-order valence-corrected chi connectivity index (χ3v) is 3.90. The van der Waals surface area contributed by atoms with Crippen molar-refractivity contribution in [2.24, 2.45) is 5.73 Å². The number of nitrogens with zero attached hydrogens (tertiary/aromatic N) is 3. The van der Waals surface area contributed by atoms with Crippen molar-refractivity contribution in [3.63, 3.8) is 0 Å². The molecule has 2 N–H and O–H groups in total. The minimum atomic E-state index is -4.45. The van der Waals surface area contributed by atoms with E-state index in [4.69, 9.17) is 10.5 Å². The number of carbonyl (C=O) groups is 1. The van der Waals surface area contributed by atoms with Crippen LogP contribution in [-0.4, -0.2) is 52.8 Å². The van der Waals surface area contributed by atoms with Crippen LogP contribution in [0.4, 0.5) is 13.2 Å². The number of carbonyl (C=O) groups excluding carboxylic acids is 1. The fourth-order valence-electron chi connectivity index (χ4n) is 2.82. The van der Waals surface area contributed by atoms with Gasteiger partial charge in [-0.2, -0.15) is 13.2 Å². The molecule has 0 saturated heterocycles. The molecule has 0 aromatic carbocycles. The van der Waals surface area contributed by atoms with Gasteiger partial charge in [-0.25, -0.2) is 4.98 Å². The van der Waals surface area contributed by atoms with Crippen LogP contribution >= 0.6 is 0 Å². The van der Waals surface area contributed by atoms with Crippen LogP contribution in [0.3, 0.4) is 0 Å². The van der Waals surface area contributed by atoms with Gasteiger partial charge in [0.05, 0.1) is 10.9 Å². The van der Waals surface area contributed by atoms with E-state index in [-0.39, 0.29) is 11.8 Å². The smallest absolute Gasteiger partial charge is 0.422 e. The van der Waals surface area contributed by atoms with Crippen molar-refractivity contribution in [3.05, 3.63) is 24.0 Å². The Morgan fingerprint density at radius 2 is 2.12 bits per heavy atom. The van der Waals surface area contributed by atoms with Gasteiger partial charge in [0, 0.05) is 25.8 Å². The summed E-state index contributed by atoms with van der Waals surface area (Å²) < 4.78 is 43.7. The molecule has 0 unspecified atom stereocenters. The molecule has 9 heteroatoms. The van der Waals surface area contributed by atoms with Crippen molar-refractivity contribution in [1.82, 2.24) is 14.5 Å². The minimum Gasteiger partial charge on any atom is -0.468 e. The molecule has 1 aliphatic rings. The third-order valence-electron chi connectivity index (χ3n) is 3.90. The van der Waals surface area contributed by atoms with Gasteiger partial charge in [0.1, 0.15) is 5.69 Å². The lowest BCUT2D eigenvalue weighted by Gasteiger charge is -2.28. The maximum absolute atomic E-state index is 12.5. The summed E-state index contributed by atoms with van der Waals surface area (Å²) in [5, 5.41) is 0.408. The van der Waals surface area contributed by atoms with Gasteiger partial charge >= 0.3 is 6.18 Å². The number of nitrogens with two attached hydrogens (primary N) is 1. The summed E-state index contributed by atoms with van der Waals surface area (Å²) in [4.78, 5) is 18.1. The number of rotatable bonds is 5. The summed E-state index contributed by atoms with van der Waals surface area (Å²) in [6.07, 6.45) is -2.36. The number of hydrogen-bond acceptors (Lipinski definition) is 4. The fourth-order valence-corrected chi connectivity index (χ4v) is 2.82. The molecule has 1 aliphatic heterocycles. The molecule has 0 fully saturated rings. The predicted octanol–water partition coefficient (Wildman–Crippen LogP) is 1.78. The molecule has 0 aliphatic carbocycles. The number of fused-ring (bicyclic) bond motifs is 3. The molecule has 0 spiro atoms. The summed E-state index contributed by atoms with van der Waals surface area (Å²) in [6, 6.07) is 3.22. The molecule has 3 heterocycles. The van der Waals surface area contributed by atoms with Gasteiger partial charge in [-0.3, -0.25) is 4.79 Å². The first-order valence-corrected chi connectivity index (χ1v) is 7.58. The molecular formula is C15H17F3N4O2.